The maximum Gasteiger partial charge on any atom is 0.161 e. The average molecular weight is 277 g/mol. The number of hydrogen-bond acceptors (Lipinski definition) is 3. The predicted octanol–water partition coefficient (Wildman–Crippen LogP) is 4.16. The molecule has 0 saturated heterocycles. The summed E-state index contributed by atoms with van der Waals surface area (Å²) in [4.78, 5) is 0. The molecule has 0 aromatic heterocycles. The monoisotopic (exact) mass is 277 g/mol. The average Bonchev–Trinajstić information content (AvgIpc) is 2.46. The van der Waals surface area contributed by atoms with Crippen LogP contribution in [0, 0.1) is 0 Å². The Balaban J connectivity index is 2.35. The summed E-state index contributed by atoms with van der Waals surface area (Å²) in [5, 5.41) is 0. The maximum atomic E-state index is 6.26. The van der Waals surface area contributed by atoms with Gasteiger partial charge in [0.1, 0.15) is 0 Å². The second kappa shape index (κ2) is 6.98. The maximum absolute atomic E-state index is 6.26. The van der Waals surface area contributed by atoms with Gasteiger partial charge in [0.2, 0.25) is 0 Å². The van der Waals surface area contributed by atoms with Crippen LogP contribution in [-0.4, -0.2) is 13.2 Å². The SMILES string of the molecule is CCCOc1cc2c(cc1OCCC)[C@@H](N)CCC2C. The Labute approximate surface area is 122 Å². The van der Waals surface area contributed by atoms with Crippen LogP contribution >= 0.6 is 0 Å². The van der Waals surface area contributed by atoms with Gasteiger partial charge in [0, 0.05) is 6.04 Å². The van der Waals surface area contributed by atoms with Gasteiger partial charge < -0.3 is 15.2 Å². The van der Waals surface area contributed by atoms with E-state index in [0.717, 1.165) is 43.8 Å². The Morgan fingerprint density at radius 2 is 1.55 bits per heavy atom. The van der Waals surface area contributed by atoms with Gasteiger partial charge in [0.15, 0.2) is 11.5 Å². The van der Waals surface area contributed by atoms with Gasteiger partial charge in [-0.25, -0.2) is 0 Å². The molecule has 0 heterocycles. The molecule has 0 fully saturated rings. The third-order valence-electron chi connectivity index (χ3n) is 3.91. The zero-order chi connectivity index (χ0) is 14.5. The van der Waals surface area contributed by atoms with Crippen LogP contribution in [0.1, 0.15) is 69.5 Å². The van der Waals surface area contributed by atoms with Crippen LogP contribution in [0.3, 0.4) is 0 Å². The van der Waals surface area contributed by atoms with Gasteiger partial charge >= 0.3 is 0 Å². The number of ether oxygens (including phenoxy) is 2. The van der Waals surface area contributed by atoms with Gasteiger partial charge in [-0.3, -0.25) is 0 Å². The highest BCUT2D eigenvalue weighted by atomic mass is 16.5. The van der Waals surface area contributed by atoms with Gasteiger partial charge in [-0.1, -0.05) is 20.8 Å². The highest BCUT2D eigenvalue weighted by Gasteiger charge is 2.25. The van der Waals surface area contributed by atoms with Crippen LogP contribution in [0.5, 0.6) is 11.5 Å². The molecule has 2 rings (SSSR count). The lowest BCUT2D eigenvalue weighted by atomic mass is 9.81. The van der Waals surface area contributed by atoms with E-state index in [1.54, 1.807) is 0 Å². The summed E-state index contributed by atoms with van der Waals surface area (Å²) in [6, 6.07) is 4.39. The quantitative estimate of drug-likeness (QED) is 0.849. The molecule has 3 heteroatoms. The van der Waals surface area contributed by atoms with Crippen LogP contribution in [0.2, 0.25) is 0 Å². The molecule has 112 valence electrons. The normalized spacial score (nSPS) is 21.4. The topological polar surface area (TPSA) is 44.5 Å². The standard InChI is InChI=1S/C17H27NO2/c1-4-8-19-16-10-13-12(3)6-7-15(18)14(13)11-17(16)20-9-5-2/h10-12,15H,4-9,18H2,1-3H3/t12?,15-/m0/s1. The van der Waals surface area contributed by atoms with Gasteiger partial charge in [-0.15, -0.1) is 0 Å². The molecule has 2 N–H and O–H groups in total. The first-order chi connectivity index (χ1) is 9.67. The lowest BCUT2D eigenvalue weighted by Gasteiger charge is -2.29. The third-order valence-corrected chi connectivity index (χ3v) is 3.91. The second-order valence-corrected chi connectivity index (χ2v) is 5.71. The molecule has 1 unspecified atom stereocenters. The van der Waals surface area contributed by atoms with Crippen LogP contribution in [0.15, 0.2) is 12.1 Å². The van der Waals surface area contributed by atoms with Crippen LogP contribution in [-0.2, 0) is 0 Å². The van der Waals surface area contributed by atoms with Crippen molar-refractivity contribution in [2.24, 2.45) is 5.73 Å². The van der Waals surface area contributed by atoms with E-state index in [1.807, 2.05) is 0 Å². The summed E-state index contributed by atoms with van der Waals surface area (Å²) in [7, 11) is 0. The summed E-state index contributed by atoms with van der Waals surface area (Å²) in [5.41, 5.74) is 8.83. The Kier molecular flexibility index (Phi) is 5.30. The van der Waals surface area contributed by atoms with Crippen molar-refractivity contribution in [3.63, 3.8) is 0 Å². The van der Waals surface area contributed by atoms with Gasteiger partial charge in [0.05, 0.1) is 13.2 Å². The van der Waals surface area contributed by atoms with Crippen LogP contribution in [0.4, 0.5) is 0 Å². The fourth-order valence-corrected chi connectivity index (χ4v) is 2.73. The predicted molar refractivity (Wildman–Crippen MR) is 82.6 cm³/mol. The fourth-order valence-electron chi connectivity index (χ4n) is 2.73. The molecule has 1 aliphatic carbocycles. The number of rotatable bonds is 6. The Morgan fingerprint density at radius 3 is 2.10 bits per heavy atom. The summed E-state index contributed by atoms with van der Waals surface area (Å²) in [6.07, 6.45) is 4.19. The summed E-state index contributed by atoms with van der Waals surface area (Å²) >= 11 is 0. The first kappa shape index (κ1) is 15.2. The highest BCUT2D eigenvalue weighted by molar-refractivity contribution is 5.50. The van der Waals surface area contributed by atoms with E-state index >= 15 is 0 Å². The van der Waals surface area contributed by atoms with E-state index in [4.69, 9.17) is 15.2 Å². The van der Waals surface area contributed by atoms with Gasteiger partial charge in [0.25, 0.3) is 0 Å². The molecule has 20 heavy (non-hydrogen) atoms. The first-order valence-electron chi connectivity index (χ1n) is 7.86. The summed E-state index contributed by atoms with van der Waals surface area (Å²) in [6.45, 7) is 7.93. The number of benzene rings is 1. The van der Waals surface area contributed by atoms with E-state index in [-0.39, 0.29) is 6.04 Å². The highest BCUT2D eigenvalue weighted by Crippen LogP contribution is 2.42. The number of nitrogens with two attached hydrogens (primary N) is 1. The van der Waals surface area contributed by atoms with Crippen molar-refractivity contribution in [1.29, 1.82) is 0 Å². The third kappa shape index (κ3) is 3.26. The molecule has 0 saturated carbocycles. The van der Waals surface area contributed by atoms with Crippen molar-refractivity contribution >= 4 is 0 Å². The largest absolute Gasteiger partial charge is 0.490 e. The lowest BCUT2D eigenvalue weighted by molar-refractivity contribution is 0.267. The zero-order valence-electron chi connectivity index (χ0n) is 12.9. The molecule has 0 aliphatic heterocycles. The smallest absolute Gasteiger partial charge is 0.161 e. The number of fused-ring (bicyclic) bond motifs is 1. The van der Waals surface area contributed by atoms with Crippen molar-refractivity contribution < 1.29 is 9.47 Å². The van der Waals surface area contributed by atoms with E-state index < -0.39 is 0 Å². The molecule has 1 aromatic carbocycles. The van der Waals surface area contributed by atoms with E-state index in [0.29, 0.717) is 12.5 Å². The van der Waals surface area contributed by atoms with E-state index in [2.05, 4.69) is 32.9 Å². The molecule has 1 aromatic rings. The van der Waals surface area contributed by atoms with Gasteiger partial charge in [-0.05, 0) is 54.9 Å². The molecule has 0 amide bonds. The van der Waals surface area contributed by atoms with E-state index in [1.165, 1.54) is 11.1 Å². The fraction of sp³-hybridized carbons (Fsp3) is 0.647. The molecule has 0 bridgehead atoms. The Hall–Kier alpha value is -1.22. The molecule has 0 radical (unpaired) electrons. The zero-order valence-corrected chi connectivity index (χ0v) is 12.9. The number of hydrogen-bond donors (Lipinski definition) is 1. The lowest BCUT2D eigenvalue weighted by Crippen LogP contribution is -2.20. The molecule has 1 aliphatic rings. The van der Waals surface area contributed by atoms with Crippen molar-refractivity contribution in [3.05, 3.63) is 23.3 Å². The first-order valence-corrected chi connectivity index (χ1v) is 7.86. The van der Waals surface area contributed by atoms with Crippen LogP contribution < -0.4 is 15.2 Å². The summed E-state index contributed by atoms with van der Waals surface area (Å²) in [5.74, 6) is 2.28. The Morgan fingerprint density at radius 1 is 1.00 bits per heavy atom. The van der Waals surface area contributed by atoms with E-state index in [9.17, 15) is 0 Å². The van der Waals surface area contributed by atoms with Crippen molar-refractivity contribution in [3.8, 4) is 11.5 Å². The van der Waals surface area contributed by atoms with Crippen molar-refractivity contribution in [2.45, 2.75) is 58.4 Å². The molecule has 2 atom stereocenters. The summed E-state index contributed by atoms with van der Waals surface area (Å²) < 4.78 is 11.7. The van der Waals surface area contributed by atoms with Crippen molar-refractivity contribution in [1.82, 2.24) is 0 Å². The Bertz CT molecular complexity index is 404. The van der Waals surface area contributed by atoms with Gasteiger partial charge in [-0.2, -0.15) is 0 Å². The van der Waals surface area contributed by atoms with Crippen LogP contribution in [0.25, 0.3) is 0 Å². The minimum Gasteiger partial charge on any atom is -0.490 e. The molecular weight excluding hydrogens is 250 g/mol. The second-order valence-electron chi connectivity index (χ2n) is 5.71. The minimum absolute atomic E-state index is 0.130. The van der Waals surface area contributed by atoms with Crippen molar-refractivity contribution in [2.75, 3.05) is 13.2 Å². The molecule has 0 spiro atoms. The molecular formula is C17H27NO2. The molecule has 3 nitrogen and oxygen atoms in total. The minimum atomic E-state index is 0.130.